The monoisotopic (exact) mass is 1100 g/mol. The lowest BCUT2D eigenvalue weighted by Gasteiger charge is -2.25. The molecular weight excluding hydrogens is 1030 g/mol. The number of carbonyl (C=O) groups is 1. The number of fused-ring (bicyclic) bond motifs is 2. The number of aromatic carboxylic acids is 1. The lowest BCUT2D eigenvalue weighted by molar-refractivity contribution is 0.0696. The molecule has 0 aromatic heterocycles. The van der Waals surface area contributed by atoms with Crippen LogP contribution in [-0.2, 0) is 0 Å². The first-order chi connectivity index (χ1) is 40.9. The summed E-state index contributed by atoms with van der Waals surface area (Å²) in [5.41, 5.74) is 9.94. The third-order valence-corrected chi connectivity index (χ3v) is 15.2. The van der Waals surface area contributed by atoms with E-state index in [0.29, 0.717) is 53.9 Å². The Kier molecular flexibility index (Phi) is 20.8. The standard InChI is InChI=1S/C79H75NO4/c1-57(2)20-17-22-59(5)50-52-83-77-56-66(78(84-53-51-60(6)23-18-21-58(3)4)55-65(77)44-40-63-41-46-70(47-42-63)80(68-26-9-7-10-27-68)69-28-11-8-12-29-69)45-49-76-73-32-15-13-30-71(73)75(72-31-14-16-33-74(72)76)48-43-62-36-34-61(35-37-62)38-39-64-24-19-25-67(54-64)79(81)82/h7-16,19,24-37,41-42,46-47,54-60H,17-18,20-23,50-53H2,1-6H3,(H,81,82). The van der Waals surface area contributed by atoms with Crippen LogP contribution in [0, 0.1) is 71.0 Å². The van der Waals surface area contributed by atoms with Crippen molar-refractivity contribution < 1.29 is 19.4 Å². The smallest absolute Gasteiger partial charge is 0.335 e. The van der Waals surface area contributed by atoms with Crippen LogP contribution in [-0.4, -0.2) is 24.3 Å². The summed E-state index contributed by atoms with van der Waals surface area (Å²) in [4.78, 5) is 13.7. The fourth-order valence-corrected chi connectivity index (χ4v) is 10.4. The van der Waals surface area contributed by atoms with Gasteiger partial charge in [-0.1, -0.05) is 218 Å². The van der Waals surface area contributed by atoms with Gasteiger partial charge in [0.15, 0.2) is 0 Å². The van der Waals surface area contributed by atoms with Gasteiger partial charge in [0.1, 0.15) is 11.5 Å². The maximum absolute atomic E-state index is 11.5. The molecule has 0 fully saturated rings. The van der Waals surface area contributed by atoms with Crippen molar-refractivity contribution in [2.24, 2.45) is 23.7 Å². The summed E-state index contributed by atoms with van der Waals surface area (Å²) in [7, 11) is 0. The minimum Gasteiger partial charge on any atom is -0.492 e. The summed E-state index contributed by atoms with van der Waals surface area (Å²) < 4.78 is 13.7. The number of benzene rings is 9. The molecule has 2 atom stereocenters. The minimum atomic E-state index is -0.978. The van der Waals surface area contributed by atoms with E-state index in [4.69, 9.17) is 9.47 Å². The number of para-hydroxylation sites is 2. The number of ether oxygens (including phenoxy) is 2. The van der Waals surface area contributed by atoms with Crippen LogP contribution in [0.3, 0.4) is 0 Å². The Bertz CT molecular complexity index is 3850. The molecular formula is C79H75NO4. The predicted molar refractivity (Wildman–Crippen MR) is 349 cm³/mol. The molecule has 5 nitrogen and oxygen atoms in total. The van der Waals surface area contributed by atoms with Crippen molar-refractivity contribution in [1.29, 1.82) is 0 Å². The second-order valence-corrected chi connectivity index (χ2v) is 22.8. The Morgan fingerprint density at radius 2 is 0.774 bits per heavy atom. The van der Waals surface area contributed by atoms with Gasteiger partial charge >= 0.3 is 5.97 Å². The van der Waals surface area contributed by atoms with E-state index in [1.165, 1.54) is 32.1 Å². The van der Waals surface area contributed by atoms with Crippen LogP contribution in [0.25, 0.3) is 21.5 Å². The van der Waals surface area contributed by atoms with Gasteiger partial charge in [0.25, 0.3) is 0 Å². The van der Waals surface area contributed by atoms with Gasteiger partial charge in [-0.25, -0.2) is 4.79 Å². The summed E-state index contributed by atoms with van der Waals surface area (Å²) in [5.74, 6) is 30.5. The zero-order valence-corrected chi connectivity index (χ0v) is 49.5. The first kappa shape index (κ1) is 59.2. The number of hydrogen-bond donors (Lipinski definition) is 1. The van der Waals surface area contributed by atoms with Crippen molar-refractivity contribution in [2.45, 2.75) is 92.9 Å². The Labute approximate surface area is 499 Å². The zero-order chi connectivity index (χ0) is 58.6. The molecule has 0 amide bonds. The van der Waals surface area contributed by atoms with Crippen LogP contribution in [0.4, 0.5) is 17.1 Å². The van der Waals surface area contributed by atoms with Crippen molar-refractivity contribution in [2.75, 3.05) is 18.1 Å². The van der Waals surface area contributed by atoms with E-state index in [0.717, 1.165) is 96.8 Å². The third kappa shape index (κ3) is 16.4. The van der Waals surface area contributed by atoms with Crippen LogP contribution >= 0.6 is 0 Å². The van der Waals surface area contributed by atoms with Gasteiger partial charge in [-0.05, 0) is 149 Å². The van der Waals surface area contributed by atoms with E-state index in [9.17, 15) is 9.90 Å². The Morgan fingerprint density at radius 1 is 0.393 bits per heavy atom. The average molecular weight is 1100 g/mol. The van der Waals surface area contributed by atoms with Crippen LogP contribution in [0.15, 0.2) is 194 Å². The van der Waals surface area contributed by atoms with Gasteiger partial charge in [0, 0.05) is 62.6 Å². The largest absolute Gasteiger partial charge is 0.492 e. The number of hydrogen-bond acceptors (Lipinski definition) is 4. The first-order valence-corrected chi connectivity index (χ1v) is 29.8. The number of carboxylic acids is 1. The van der Waals surface area contributed by atoms with Crippen molar-refractivity contribution in [3.8, 4) is 58.9 Å². The molecule has 0 aliphatic carbocycles. The highest BCUT2D eigenvalue weighted by atomic mass is 16.5. The second-order valence-electron chi connectivity index (χ2n) is 22.8. The van der Waals surface area contributed by atoms with E-state index in [-0.39, 0.29) is 5.56 Å². The predicted octanol–water partition coefficient (Wildman–Crippen LogP) is 19.2. The van der Waals surface area contributed by atoms with Gasteiger partial charge in [-0.2, -0.15) is 0 Å². The van der Waals surface area contributed by atoms with E-state index in [2.05, 4.69) is 227 Å². The molecule has 0 heterocycles. The summed E-state index contributed by atoms with van der Waals surface area (Å²) in [6.07, 6.45) is 9.06. The Morgan fingerprint density at radius 3 is 1.23 bits per heavy atom. The number of carboxylic acid groups (broad SMARTS) is 1. The fourth-order valence-electron chi connectivity index (χ4n) is 10.4. The molecule has 0 spiro atoms. The van der Waals surface area contributed by atoms with Crippen molar-refractivity contribution in [3.05, 3.63) is 244 Å². The van der Waals surface area contributed by atoms with E-state index in [1.54, 1.807) is 24.3 Å². The molecule has 420 valence electrons. The van der Waals surface area contributed by atoms with Crippen LogP contribution < -0.4 is 14.4 Å². The highest BCUT2D eigenvalue weighted by Gasteiger charge is 2.17. The molecule has 84 heavy (non-hydrogen) atoms. The van der Waals surface area contributed by atoms with Crippen molar-refractivity contribution >= 4 is 44.6 Å². The van der Waals surface area contributed by atoms with Gasteiger partial charge in [0.2, 0.25) is 0 Å². The molecule has 9 aromatic rings. The van der Waals surface area contributed by atoms with Gasteiger partial charge in [-0.3, -0.25) is 0 Å². The van der Waals surface area contributed by atoms with E-state index < -0.39 is 5.97 Å². The fraction of sp³-hybridized carbons (Fsp3) is 0.253. The molecule has 0 bridgehead atoms. The molecule has 5 heteroatoms. The highest BCUT2D eigenvalue weighted by Crippen LogP contribution is 2.36. The highest BCUT2D eigenvalue weighted by molar-refractivity contribution is 6.10. The molecule has 0 saturated heterocycles. The second kappa shape index (κ2) is 29.5. The lowest BCUT2D eigenvalue weighted by Crippen LogP contribution is -2.09. The quantitative estimate of drug-likeness (QED) is 0.0609. The van der Waals surface area contributed by atoms with Crippen molar-refractivity contribution in [3.63, 3.8) is 0 Å². The molecule has 0 aliphatic heterocycles. The molecule has 9 aromatic carbocycles. The summed E-state index contributed by atoms with van der Waals surface area (Å²) in [6, 6.07) is 64.7. The van der Waals surface area contributed by atoms with Crippen LogP contribution in [0.2, 0.25) is 0 Å². The third-order valence-electron chi connectivity index (χ3n) is 15.2. The first-order valence-electron chi connectivity index (χ1n) is 29.8. The maximum atomic E-state index is 11.5. The normalized spacial score (nSPS) is 11.5. The molecule has 2 unspecified atom stereocenters. The molecule has 1 N–H and O–H groups in total. The van der Waals surface area contributed by atoms with Crippen molar-refractivity contribution in [1.82, 2.24) is 0 Å². The van der Waals surface area contributed by atoms with Gasteiger partial charge in [0.05, 0.1) is 29.9 Å². The lowest BCUT2D eigenvalue weighted by atomic mass is 9.91. The number of nitrogens with zero attached hydrogens (tertiary/aromatic N) is 1. The number of rotatable bonds is 20. The molecule has 0 radical (unpaired) electrons. The Hall–Kier alpha value is -9.39. The van der Waals surface area contributed by atoms with Crippen LogP contribution in [0.5, 0.6) is 11.5 Å². The maximum Gasteiger partial charge on any atom is 0.335 e. The van der Waals surface area contributed by atoms with E-state index >= 15 is 0 Å². The zero-order valence-electron chi connectivity index (χ0n) is 49.5. The van der Waals surface area contributed by atoms with E-state index in [1.807, 2.05) is 36.4 Å². The molecule has 0 aliphatic rings. The molecule has 0 saturated carbocycles. The molecule has 9 rings (SSSR count). The summed E-state index contributed by atoms with van der Waals surface area (Å²) >= 11 is 0. The topological polar surface area (TPSA) is 59.0 Å². The number of anilines is 3. The summed E-state index contributed by atoms with van der Waals surface area (Å²) in [5, 5.41) is 13.5. The van der Waals surface area contributed by atoms with Gasteiger partial charge < -0.3 is 19.5 Å². The van der Waals surface area contributed by atoms with Gasteiger partial charge in [-0.15, -0.1) is 0 Å². The average Bonchev–Trinajstić information content (AvgIpc) is 1.57. The Balaban J connectivity index is 1.08. The SMILES string of the molecule is CC(C)CCCC(C)CCOc1cc(C#Cc2c3ccccc3c(C#Cc3ccc(C#Cc4cccc(C(=O)O)c4)cc3)c3ccccc23)c(OCCC(C)CCCC(C)C)cc1C#Cc1ccc(N(c2ccccc2)c2ccccc2)cc1. The summed E-state index contributed by atoms with van der Waals surface area (Å²) in [6.45, 7) is 15.0. The minimum absolute atomic E-state index is 0.208. The van der Waals surface area contributed by atoms with Crippen LogP contribution in [0.1, 0.15) is 148 Å².